The highest BCUT2D eigenvalue weighted by Crippen LogP contribution is 2.11. The molecule has 1 atom stereocenters. The number of ketones is 2. The van der Waals surface area contributed by atoms with Crippen molar-refractivity contribution in [1.29, 1.82) is 0 Å². The van der Waals surface area contributed by atoms with Gasteiger partial charge in [-0.15, -0.1) is 0 Å². The van der Waals surface area contributed by atoms with E-state index in [0.717, 1.165) is 5.56 Å². The molecule has 0 spiro atoms. The molecule has 0 aliphatic rings. The first kappa shape index (κ1) is 23.5. The number of nitrogens with one attached hydrogen (secondary N) is 1. The summed E-state index contributed by atoms with van der Waals surface area (Å²) in [5.74, 6) is -1.33. The van der Waals surface area contributed by atoms with E-state index in [2.05, 4.69) is 5.32 Å². The highest BCUT2D eigenvalue weighted by Gasteiger charge is 2.23. The lowest BCUT2D eigenvalue weighted by Gasteiger charge is -2.20. The first-order valence-corrected chi connectivity index (χ1v) is 9.40. The molecule has 0 saturated heterocycles. The first-order valence-electron chi connectivity index (χ1n) is 9.40. The van der Waals surface area contributed by atoms with Gasteiger partial charge in [-0.2, -0.15) is 0 Å². The van der Waals surface area contributed by atoms with E-state index in [9.17, 15) is 19.2 Å². The summed E-state index contributed by atoms with van der Waals surface area (Å²) in [5, 5.41) is 2.68. The van der Waals surface area contributed by atoms with Crippen LogP contribution in [0.15, 0.2) is 30.3 Å². The summed E-state index contributed by atoms with van der Waals surface area (Å²) in [6.07, 6.45) is 0.231. The minimum atomic E-state index is -0.773. The van der Waals surface area contributed by atoms with Crippen molar-refractivity contribution in [3.63, 3.8) is 0 Å². The number of Topliss-reactive ketones (excluding diaryl/α,β-unsaturated/α-hetero) is 2. The highest BCUT2D eigenvalue weighted by molar-refractivity contribution is 5.92. The van der Waals surface area contributed by atoms with Gasteiger partial charge in [0.2, 0.25) is 5.91 Å². The third-order valence-electron chi connectivity index (χ3n) is 3.86. The van der Waals surface area contributed by atoms with Crippen LogP contribution in [0, 0.1) is 0 Å². The summed E-state index contributed by atoms with van der Waals surface area (Å²) >= 11 is 0. The van der Waals surface area contributed by atoms with Crippen molar-refractivity contribution in [2.45, 2.75) is 64.5 Å². The SMILES string of the molecule is CC(C)(C)OC(=O)CCC(=O)[C@H](Cc1ccccc1)NC(=O)CCC(=O)CN. The molecule has 0 aliphatic carbocycles. The van der Waals surface area contributed by atoms with Crippen LogP contribution in [0.3, 0.4) is 0 Å². The van der Waals surface area contributed by atoms with Crippen LogP contribution >= 0.6 is 0 Å². The van der Waals surface area contributed by atoms with Gasteiger partial charge in [-0.3, -0.25) is 19.2 Å². The second-order valence-electron chi connectivity index (χ2n) is 7.61. The van der Waals surface area contributed by atoms with Crippen molar-refractivity contribution in [3.8, 4) is 0 Å². The zero-order valence-electron chi connectivity index (χ0n) is 16.8. The molecule has 1 aromatic rings. The van der Waals surface area contributed by atoms with Gasteiger partial charge in [0.05, 0.1) is 19.0 Å². The molecule has 0 saturated carbocycles. The Morgan fingerprint density at radius 2 is 1.64 bits per heavy atom. The second-order valence-corrected chi connectivity index (χ2v) is 7.61. The molecule has 7 nitrogen and oxygen atoms in total. The predicted octanol–water partition coefficient (Wildman–Crippen LogP) is 1.71. The number of ether oxygens (including phenoxy) is 1. The second kappa shape index (κ2) is 11.3. The van der Waals surface area contributed by atoms with E-state index < -0.39 is 23.5 Å². The summed E-state index contributed by atoms with van der Waals surface area (Å²) in [5.41, 5.74) is 5.51. The lowest BCUT2D eigenvalue weighted by atomic mass is 9.99. The molecule has 0 radical (unpaired) electrons. The molecule has 0 fully saturated rings. The van der Waals surface area contributed by atoms with E-state index in [0.29, 0.717) is 6.42 Å². The van der Waals surface area contributed by atoms with E-state index in [1.807, 2.05) is 30.3 Å². The van der Waals surface area contributed by atoms with Crippen molar-refractivity contribution in [3.05, 3.63) is 35.9 Å². The van der Waals surface area contributed by atoms with Crippen LogP contribution in [-0.4, -0.2) is 41.6 Å². The van der Waals surface area contributed by atoms with Crippen LogP contribution in [0.2, 0.25) is 0 Å². The van der Waals surface area contributed by atoms with Gasteiger partial charge in [0, 0.05) is 19.3 Å². The van der Waals surface area contributed by atoms with Gasteiger partial charge in [-0.1, -0.05) is 30.3 Å². The molecule has 0 heterocycles. The summed E-state index contributed by atoms with van der Waals surface area (Å²) in [6.45, 7) is 5.16. The Labute approximate surface area is 166 Å². The minimum Gasteiger partial charge on any atom is -0.460 e. The fourth-order valence-corrected chi connectivity index (χ4v) is 2.51. The molecule has 3 N–H and O–H groups in total. The smallest absolute Gasteiger partial charge is 0.306 e. The first-order chi connectivity index (χ1) is 13.1. The number of carbonyl (C=O) groups is 4. The van der Waals surface area contributed by atoms with Crippen LogP contribution < -0.4 is 11.1 Å². The summed E-state index contributed by atoms with van der Waals surface area (Å²) < 4.78 is 5.22. The van der Waals surface area contributed by atoms with Crippen molar-refractivity contribution in [2.75, 3.05) is 6.54 Å². The van der Waals surface area contributed by atoms with Crippen molar-refractivity contribution < 1.29 is 23.9 Å². The summed E-state index contributed by atoms with van der Waals surface area (Å²) in [6, 6.07) is 8.50. The third-order valence-corrected chi connectivity index (χ3v) is 3.86. The minimum absolute atomic E-state index is 0.0271. The van der Waals surface area contributed by atoms with Gasteiger partial charge in [0.25, 0.3) is 0 Å². The van der Waals surface area contributed by atoms with Crippen molar-refractivity contribution in [2.24, 2.45) is 5.73 Å². The van der Waals surface area contributed by atoms with Gasteiger partial charge in [-0.25, -0.2) is 0 Å². The molecule has 1 rings (SSSR count). The van der Waals surface area contributed by atoms with E-state index in [4.69, 9.17) is 10.5 Å². The summed E-state index contributed by atoms with van der Waals surface area (Å²) in [7, 11) is 0. The van der Waals surface area contributed by atoms with Gasteiger partial charge in [-0.05, 0) is 32.8 Å². The van der Waals surface area contributed by atoms with Crippen molar-refractivity contribution >= 4 is 23.4 Å². The number of amides is 1. The zero-order valence-corrected chi connectivity index (χ0v) is 16.8. The molecule has 1 amide bonds. The Balaban J connectivity index is 2.71. The van der Waals surface area contributed by atoms with E-state index >= 15 is 0 Å². The quantitative estimate of drug-likeness (QED) is 0.556. The fourth-order valence-electron chi connectivity index (χ4n) is 2.51. The van der Waals surface area contributed by atoms with Crippen LogP contribution in [0.25, 0.3) is 0 Å². The Kier molecular flexibility index (Phi) is 9.51. The van der Waals surface area contributed by atoms with Gasteiger partial charge >= 0.3 is 5.97 Å². The number of benzene rings is 1. The molecule has 154 valence electrons. The Morgan fingerprint density at radius 3 is 2.21 bits per heavy atom. The number of hydrogen-bond donors (Lipinski definition) is 2. The summed E-state index contributed by atoms with van der Waals surface area (Å²) in [4.78, 5) is 47.9. The largest absolute Gasteiger partial charge is 0.460 e. The van der Waals surface area contributed by atoms with Crippen LogP contribution in [0.1, 0.15) is 52.0 Å². The molecular formula is C21H30N2O5. The Morgan fingerprint density at radius 1 is 1.00 bits per heavy atom. The Hall–Kier alpha value is -2.54. The van der Waals surface area contributed by atoms with Crippen LogP contribution in [-0.2, 0) is 30.3 Å². The topological polar surface area (TPSA) is 116 Å². The molecule has 0 aliphatic heterocycles. The van der Waals surface area contributed by atoms with Crippen LogP contribution in [0.4, 0.5) is 0 Å². The maximum atomic E-state index is 12.6. The molecule has 7 heteroatoms. The lowest BCUT2D eigenvalue weighted by Crippen LogP contribution is -2.42. The maximum Gasteiger partial charge on any atom is 0.306 e. The van der Waals surface area contributed by atoms with E-state index in [-0.39, 0.29) is 43.8 Å². The monoisotopic (exact) mass is 390 g/mol. The fraction of sp³-hybridized carbons (Fsp3) is 0.524. The molecule has 0 aromatic heterocycles. The van der Waals surface area contributed by atoms with Crippen LogP contribution in [0.5, 0.6) is 0 Å². The standard InChI is InChI=1S/C21H30N2O5/c1-21(2,3)28-20(27)12-10-18(25)17(13-15-7-5-4-6-8-15)23-19(26)11-9-16(24)14-22/h4-8,17H,9-14,22H2,1-3H3,(H,23,26)/t17-/m0/s1. The highest BCUT2D eigenvalue weighted by atomic mass is 16.6. The molecule has 1 aromatic carbocycles. The maximum absolute atomic E-state index is 12.6. The van der Waals surface area contributed by atoms with E-state index in [1.165, 1.54) is 0 Å². The lowest BCUT2D eigenvalue weighted by molar-refractivity contribution is -0.155. The molecule has 28 heavy (non-hydrogen) atoms. The predicted molar refractivity (Wildman–Crippen MR) is 105 cm³/mol. The Bertz CT molecular complexity index is 680. The average Bonchev–Trinajstić information content (AvgIpc) is 2.63. The molecule has 0 bridgehead atoms. The normalized spacial score (nSPS) is 12.1. The van der Waals surface area contributed by atoms with Crippen molar-refractivity contribution in [1.82, 2.24) is 5.32 Å². The zero-order chi connectivity index (χ0) is 21.2. The molecular weight excluding hydrogens is 360 g/mol. The number of nitrogens with two attached hydrogens (primary N) is 1. The van der Waals surface area contributed by atoms with Gasteiger partial charge < -0.3 is 15.8 Å². The van der Waals surface area contributed by atoms with E-state index in [1.54, 1.807) is 20.8 Å². The number of hydrogen-bond acceptors (Lipinski definition) is 6. The van der Waals surface area contributed by atoms with Gasteiger partial charge in [0.1, 0.15) is 11.4 Å². The van der Waals surface area contributed by atoms with Gasteiger partial charge in [0.15, 0.2) is 5.78 Å². The molecule has 0 unspecified atom stereocenters. The average molecular weight is 390 g/mol. The number of esters is 1. The third kappa shape index (κ3) is 9.97. The number of carbonyl (C=O) groups excluding carboxylic acids is 4. The number of rotatable bonds is 11.